The highest BCUT2D eigenvalue weighted by Crippen LogP contribution is 2.18. The maximum absolute atomic E-state index is 12.0. The Hall–Kier alpha value is -2.21. The summed E-state index contributed by atoms with van der Waals surface area (Å²) >= 11 is 1.25. The topological polar surface area (TPSA) is 79.3 Å². The first kappa shape index (κ1) is 13.2. The summed E-state index contributed by atoms with van der Waals surface area (Å²) in [6, 6.07) is 4.79. The van der Waals surface area contributed by atoms with Crippen molar-refractivity contribution in [1.82, 2.24) is 4.98 Å². The number of anilines is 1. The summed E-state index contributed by atoms with van der Waals surface area (Å²) in [4.78, 5) is 27.5. The average molecular weight is 276 g/mol. The fraction of sp³-hybridized carbons (Fsp3) is 0.154. The lowest BCUT2D eigenvalue weighted by Gasteiger charge is -2.07. The molecule has 0 aliphatic heterocycles. The number of carbonyl (C=O) groups excluding carboxylic acids is 1. The molecule has 1 aromatic carbocycles. The molecule has 2 rings (SSSR count). The quantitative estimate of drug-likeness (QED) is 0.903. The first-order valence-electron chi connectivity index (χ1n) is 5.54. The van der Waals surface area contributed by atoms with Crippen molar-refractivity contribution in [3.63, 3.8) is 0 Å². The SMILES string of the molecule is Cc1ccc(NC(=O)c2scnc2C)cc1C(=O)O. The molecule has 0 fully saturated rings. The Morgan fingerprint density at radius 3 is 2.63 bits per heavy atom. The van der Waals surface area contributed by atoms with Crippen LogP contribution in [-0.4, -0.2) is 22.0 Å². The van der Waals surface area contributed by atoms with Gasteiger partial charge in [0.2, 0.25) is 0 Å². The molecule has 0 saturated heterocycles. The van der Waals surface area contributed by atoms with E-state index in [1.807, 2.05) is 0 Å². The van der Waals surface area contributed by atoms with Crippen LogP contribution >= 0.6 is 11.3 Å². The molecule has 2 N–H and O–H groups in total. The Morgan fingerprint density at radius 1 is 1.32 bits per heavy atom. The lowest BCUT2D eigenvalue weighted by molar-refractivity contribution is 0.0695. The highest BCUT2D eigenvalue weighted by Gasteiger charge is 2.13. The van der Waals surface area contributed by atoms with E-state index in [2.05, 4.69) is 10.3 Å². The van der Waals surface area contributed by atoms with Crippen molar-refractivity contribution in [3.05, 3.63) is 45.4 Å². The molecule has 0 saturated carbocycles. The van der Waals surface area contributed by atoms with E-state index in [9.17, 15) is 9.59 Å². The van der Waals surface area contributed by atoms with Gasteiger partial charge in [0.05, 0.1) is 16.8 Å². The zero-order chi connectivity index (χ0) is 14.0. The van der Waals surface area contributed by atoms with Gasteiger partial charge in [-0.3, -0.25) is 4.79 Å². The van der Waals surface area contributed by atoms with Crippen molar-refractivity contribution in [2.45, 2.75) is 13.8 Å². The number of aromatic nitrogens is 1. The Kier molecular flexibility index (Phi) is 3.62. The summed E-state index contributed by atoms with van der Waals surface area (Å²) in [6.07, 6.45) is 0. The molecule has 0 radical (unpaired) electrons. The first-order chi connectivity index (χ1) is 8.99. The highest BCUT2D eigenvalue weighted by atomic mass is 32.1. The molecule has 0 spiro atoms. The van der Waals surface area contributed by atoms with E-state index < -0.39 is 5.97 Å². The number of nitrogens with zero attached hydrogens (tertiary/aromatic N) is 1. The van der Waals surface area contributed by atoms with Crippen molar-refractivity contribution < 1.29 is 14.7 Å². The van der Waals surface area contributed by atoms with E-state index in [1.165, 1.54) is 17.4 Å². The van der Waals surface area contributed by atoms with Crippen LogP contribution in [-0.2, 0) is 0 Å². The van der Waals surface area contributed by atoms with Crippen LogP contribution in [0.3, 0.4) is 0 Å². The normalized spacial score (nSPS) is 10.2. The third-order valence-corrected chi connectivity index (χ3v) is 3.60. The van der Waals surface area contributed by atoms with Crippen molar-refractivity contribution in [2.24, 2.45) is 0 Å². The zero-order valence-corrected chi connectivity index (χ0v) is 11.2. The number of amides is 1. The Morgan fingerprint density at radius 2 is 2.05 bits per heavy atom. The summed E-state index contributed by atoms with van der Waals surface area (Å²) < 4.78 is 0. The van der Waals surface area contributed by atoms with Gasteiger partial charge in [-0.15, -0.1) is 11.3 Å². The lowest BCUT2D eigenvalue weighted by atomic mass is 10.1. The van der Waals surface area contributed by atoms with E-state index in [0.717, 1.165) is 0 Å². The molecule has 2 aromatic rings. The second kappa shape index (κ2) is 5.19. The largest absolute Gasteiger partial charge is 0.478 e. The number of aryl methyl sites for hydroxylation is 2. The number of thiazole rings is 1. The third-order valence-electron chi connectivity index (χ3n) is 2.68. The molecule has 6 heteroatoms. The minimum Gasteiger partial charge on any atom is -0.478 e. The molecule has 0 unspecified atom stereocenters. The number of hydrogen-bond acceptors (Lipinski definition) is 4. The number of benzene rings is 1. The molecule has 1 aromatic heterocycles. The molecule has 19 heavy (non-hydrogen) atoms. The minimum atomic E-state index is -1.01. The van der Waals surface area contributed by atoms with E-state index in [4.69, 9.17) is 5.11 Å². The first-order valence-corrected chi connectivity index (χ1v) is 6.42. The number of aromatic carboxylic acids is 1. The van der Waals surface area contributed by atoms with Gasteiger partial charge in [0.15, 0.2) is 0 Å². The van der Waals surface area contributed by atoms with Gasteiger partial charge in [0, 0.05) is 5.69 Å². The van der Waals surface area contributed by atoms with E-state index in [0.29, 0.717) is 21.8 Å². The van der Waals surface area contributed by atoms with Gasteiger partial charge in [-0.2, -0.15) is 0 Å². The zero-order valence-electron chi connectivity index (χ0n) is 10.4. The smallest absolute Gasteiger partial charge is 0.336 e. The molecule has 1 amide bonds. The van der Waals surface area contributed by atoms with E-state index >= 15 is 0 Å². The molecule has 5 nitrogen and oxygen atoms in total. The van der Waals surface area contributed by atoms with Gasteiger partial charge < -0.3 is 10.4 Å². The summed E-state index contributed by atoms with van der Waals surface area (Å²) in [5.41, 5.74) is 3.55. The molecular weight excluding hydrogens is 264 g/mol. The van der Waals surface area contributed by atoms with Gasteiger partial charge in [0.25, 0.3) is 5.91 Å². The number of nitrogens with one attached hydrogen (secondary N) is 1. The van der Waals surface area contributed by atoms with Crippen molar-refractivity contribution in [1.29, 1.82) is 0 Å². The lowest BCUT2D eigenvalue weighted by Crippen LogP contribution is -2.12. The number of carbonyl (C=O) groups is 2. The van der Waals surface area contributed by atoms with Crippen LogP contribution < -0.4 is 5.32 Å². The summed E-state index contributed by atoms with van der Waals surface area (Å²) in [6.45, 7) is 3.46. The van der Waals surface area contributed by atoms with Crippen LogP contribution in [0.4, 0.5) is 5.69 Å². The summed E-state index contributed by atoms with van der Waals surface area (Å²) in [7, 11) is 0. The minimum absolute atomic E-state index is 0.179. The van der Waals surface area contributed by atoms with Crippen molar-refractivity contribution >= 4 is 28.9 Å². The highest BCUT2D eigenvalue weighted by molar-refractivity contribution is 7.12. The second-order valence-corrected chi connectivity index (χ2v) is 4.91. The molecule has 98 valence electrons. The predicted octanol–water partition coefficient (Wildman–Crippen LogP) is 2.71. The Bertz CT molecular complexity index is 649. The van der Waals surface area contributed by atoms with Gasteiger partial charge in [-0.05, 0) is 31.5 Å². The molecule has 1 heterocycles. The molecular formula is C13H12N2O3S. The maximum Gasteiger partial charge on any atom is 0.336 e. The summed E-state index contributed by atoms with van der Waals surface area (Å²) in [5.74, 6) is -1.29. The fourth-order valence-corrected chi connectivity index (χ4v) is 2.34. The molecule has 0 bridgehead atoms. The number of hydrogen-bond donors (Lipinski definition) is 2. The van der Waals surface area contributed by atoms with E-state index in [-0.39, 0.29) is 11.5 Å². The Balaban J connectivity index is 2.25. The molecule has 0 aliphatic carbocycles. The van der Waals surface area contributed by atoms with Crippen LogP contribution in [0.1, 0.15) is 31.3 Å². The predicted molar refractivity (Wildman–Crippen MR) is 72.9 cm³/mol. The number of carboxylic acids is 1. The maximum atomic E-state index is 12.0. The molecule has 0 aliphatic rings. The van der Waals surface area contributed by atoms with Crippen LogP contribution in [0.25, 0.3) is 0 Å². The molecule has 0 atom stereocenters. The van der Waals surface area contributed by atoms with Crippen LogP contribution in [0.15, 0.2) is 23.7 Å². The van der Waals surface area contributed by atoms with Gasteiger partial charge in [-0.25, -0.2) is 9.78 Å². The van der Waals surface area contributed by atoms with Crippen molar-refractivity contribution in [3.8, 4) is 0 Å². The summed E-state index contributed by atoms with van der Waals surface area (Å²) in [5, 5.41) is 11.7. The number of carboxylic acid groups (broad SMARTS) is 1. The average Bonchev–Trinajstić information content (AvgIpc) is 2.77. The standard InChI is InChI=1S/C13H12N2O3S/c1-7-3-4-9(5-10(7)13(17)18)15-12(16)11-8(2)14-6-19-11/h3-6H,1-2H3,(H,15,16)(H,17,18). The second-order valence-electron chi connectivity index (χ2n) is 4.06. The third kappa shape index (κ3) is 2.79. The Labute approximate surface area is 113 Å². The van der Waals surface area contributed by atoms with Gasteiger partial charge in [-0.1, -0.05) is 6.07 Å². The van der Waals surface area contributed by atoms with Gasteiger partial charge >= 0.3 is 5.97 Å². The van der Waals surface area contributed by atoms with Gasteiger partial charge in [0.1, 0.15) is 4.88 Å². The number of rotatable bonds is 3. The van der Waals surface area contributed by atoms with Crippen molar-refractivity contribution in [2.75, 3.05) is 5.32 Å². The van der Waals surface area contributed by atoms with E-state index in [1.54, 1.807) is 31.5 Å². The monoisotopic (exact) mass is 276 g/mol. The van der Waals surface area contributed by atoms with Crippen LogP contribution in [0, 0.1) is 13.8 Å². The van der Waals surface area contributed by atoms with Crippen LogP contribution in [0.2, 0.25) is 0 Å². The van der Waals surface area contributed by atoms with Crippen LogP contribution in [0.5, 0.6) is 0 Å². The fourth-order valence-electron chi connectivity index (χ4n) is 1.64.